The normalized spacial score (nSPS) is 22.2. The van der Waals surface area contributed by atoms with Crippen molar-refractivity contribution < 1.29 is 27.4 Å². The van der Waals surface area contributed by atoms with Crippen LogP contribution in [-0.4, -0.2) is 49.2 Å². The summed E-state index contributed by atoms with van der Waals surface area (Å²) in [6.07, 6.45) is -0.963. The van der Waals surface area contributed by atoms with Crippen LogP contribution in [-0.2, 0) is 18.5 Å². The number of nitrogens with zero attached hydrogens (tertiary/aromatic N) is 1. The summed E-state index contributed by atoms with van der Waals surface area (Å²) in [6, 6.07) is 22.9. The Morgan fingerprint density at radius 2 is 1.69 bits per heavy atom. The molecule has 3 aromatic rings. The fraction of sp³-hybridized carbons (Fsp3) is 0.406. The summed E-state index contributed by atoms with van der Waals surface area (Å²) in [4.78, 5) is 2.45. The topological polar surface area (TPSA) is 55.0 Å². The van der Waals surface area contributed by atoms with E-state index in [1.807, 2.05) is 24.3 Å². The highest BCUT2D eigenvalue weighted by molar-refractivity contribution is 7.80. The lowest BCUT2D eigenvalue weighted by atomic mass is 9.65. The van der Waals surface area contributed by atoms with E-state index < -0.39 is 6.36 Å². The summed E-state index contributed by atoms with van der Waals surface area (Å²) in [5, 5.41) is 7.51. The summed E-state index contributed by atoms with van der Waals surface area (Å²) in [5.74, 6) is 1.18. The van der Waals surface area contributed by atoms with Gasteiger partial charge in [0, 0.05) is 30.6 Å². The number of likely N-dealkylation sites (tertiary alicyclic amines) is 1. The summed E-state index contributed by atoms with van der Waals surface area (Å²) >= 11 is 5.66. The number of benzene rings is 3. The molecule has 6 nitrogen and oxygen atoms in total. The fourth-order valence-electron chi connectivity index (χ4n) is 6.49. The van der Waals surface area contributed by atoms with Gasteiger partial charge in [-0.05, 0) is 85.4 Å². The number of methoxy groups -OCH3 is 2. The second-order valence-corrected chi connectivity index (χ2v) is 11.3. The number of alkyl halides is 3. The second kappa shape index (κ2) is 12.8. The van der Waals surface area contributed by atoms with E-state index in [4.69, 9.17) is 21.7 Å². The zero-order chi connectivity index (χ0) is 29.7. The highest BCUT2D eigenvalue weighted by atomic mass is 32.1. The molecule has 2 fully saturated rings. The predicted octanol–water partition coefficient (Wildman–Crippen LogP) is 6.33. The maximum absolute atomic E-state index is 12.7. The first-order chi connectivity index (χ1) is 20.2. The van der Waals surface area contributed by atoms with E-state index in [2.05, 4.69) is 44.5 Å². The number of thiocarbonyl (C=S) groups is 1. The lowest BCUT2D eigenvalue weighted by Gasteiger charge is -2.46. The SMILES string of the molecule is COc1ccc([C@@]23CC[C@H](NC(=S)NCc4ccccc4)C[C@H]2N(Cc2ccc(OC(F)(F)F)cc2)CC3)cc1OC. The molecule has 3 aromatic carbocycles. The number of hydrogen-bond acceptors (Lipinski definition) is 5. The van der Waals surface area contributed by atoms with Crippen LogP contribution in [0.3, 0.4) is 0 Å². The highest BCUT2D eigenvalue weighted by Crippen LogP contribution is 2.50. The third-order valence-electron chi connectivity index (χ3n) is 8.50. The quantitative estimate of drug-likeness (QED) is 0.279. The third-order valence-corrected chi connectivity index (χ3v) is 8.76. The number of rotatable bonds is 9. The molecule has 0 radical (unpaired) electrons. The number of nitrogens with one attached hydrogen (secondary N) is 2. The van der Waals surface area contributed by atoms with Gasteiger partial charge in [-0.3, -0.25) is 4.90 Å². The lowest BCUT2D eigenvalue weighted by molar-refractivity contribution is -0.274. The molecule has 10 heteroatoms. The van der Waals surface area contributed by atoms with Crippen LogP contribution >= 0.6 is 12.2 Å². The van der Waals surface area contributed by atoms with Crippen molar-refractivity contribution in [3.05, 3.63) is 89.5 Å². The molecule has 3 atom stereocenters. The van der Waals surface area contributed by atoms with E-state index in [1.165, 1.54) is 17.7 Å². The van der Waals surface area contributed by atoms with E-state index in [-0.39, 0.29) is 23.2 Å². The van der Waals surface area contributed by atoms with Crippen LogP contribution in [0.2, 0.25) is 0 Å². The van der Waals surface area contributed by atoms with Crippen molar-refractivity contribution in [2.45, 2.75) is 62.6 Å². The fourth-order valence-corrected chi connectivity index (χ4v) is 6.73. The molecule has 224 valence electrons. The molecule has 0 unspecified atom stereocenters. The monoisotopic (exact) mass is 599 g/mol. The number of halogens is 3. The van der Waals surface area contributed by atoms with Gasteiger partial charge in [0.1, 0.15) is 5.75 Å². The smallest absolute Gasteiger partial charge is 0.493 e. The second-order valence-electron chi connectivity index (χ2n) is 10.9. The van der Waals surface area contributed by atoms with Gasteiger partial charge in [0.15, 0.2) is 16.6 Å². The van der Waals surface area contributed by atoms with E-state index in [0.717, 1.165) is 43.4 Å². The minimum atomic E-state index is -4.71. The number of ether oxygens (including phenoxy) is 3. The van der Waals surface area contributed by atoms with Crippen LogP contribution in [0, 0.1) is 0 Å². The van der Waals surface area contributed by atoms with Crippen molar-refractivity contribution in [1.29, 1.82) is 0 Å². The molecule has 1 saturated carbocycles. The van der Waals surface area contributed by atoms with E-state index in [9.17, 15) is 13.2 Å². The Kier molecular flexibility index (Phi) is 9.13. The van der Waals surface area contributed by atoms with Crippen LogP contribution in [0.4, 0.5) is 13.2 Å². The van der Waals surface area contributed by atoms with Gasteiger partial charge in [-0.25, -0.2) is 0 Å². The van der Waals surface area contributed by atoms with E-state index >= 15 is 0 Å². The zero-order valence-corrected chi connectivity index (χ0v) is 24.6. The van der Waals surface area contributed by atoms with Gasteiger partial charge >= 0.3 is 6.36 Å². The van der Waals surface area contributed by atoms with Gasteiger partial charge in [-0.2, -0.15) is 0 Å². The van der Waals surface area contributed by atoms with Crippen LogP contribution < -0.4 is 24.8 Å². The minimum Gasteiger partial charge on any atom is -0.493 e. The number of hydrogen-bond donors (Lipinski definition) is 2. The Morgan fingerprint density at radius 3 is 2.38 bits per heavy atom. The highest BCUT2D eigenvalue weighted by Gasteiger charge is 2.51. The van der Waals surface area contributed by atoms with Crippen LogP contribution in [0.15, 0.2) is 72.8 Å². The Morgan fingerprint density at radius 1 is 0.952 bits per heavy atom. The molecule has 1 aliphatic carbocycles. The summed E-state index contributed by atoms with van der Waals surface area (Å²) in [6.45, 7) is 2.14. The van der Waals surface area contributed by atoms with E-state index in [0.29, 0.717) is 29.7 Å². The molecule has 0 spiro atoms. The molecule has 1 aliphatic heterocycles. The Labute approximate surface area is 250 Å². The molecule has 1 heterocycles. The van der Waals surface area contributed by atoms with Crippen LogP contribution in [0.5, 0.6) is 17.2 Å². The molecular formula is C32H36F3N3O3S. The Balaban J connectivity index is 1.34. The van der Waals surface area contributed by atoms with Gasteiger partial charge in [0.25, 0.3) is 0 Å². The van der Waals surface area contributed by atoms with Crippen molar-refractivity contribution >= 4 is 17.3 Å². The summed E-state index contributed by atoms with van der Waals surface area (Å²) < 4.78 is 53.2. The minimum absolute atomic E-state index is 0.101. The first-order valence-electron chi connectivity index (χ1n) is 14.1. The number of fused-ring (bicyclic) bond motifs is 1. The average Bonchev–Trinajstić information content (AvgIpc) is 3.35. The molecule has 1 saturated heterocycles. The maximum Gasteiger partial charge on any atom is 0.573 e. The molecule has 0 aromatic heterocycles. The van der Waals surface area contributed by atoms with Crippen molar-refractivity contribution in [3.63, 3.8) is 0 Å². The third kappa shape index (κ3) is 6.93. The van der Waals surface area contributed by atoms with Gasteiger partial charge in [-0.1, -0.05) is 48.5 Å². The van der Waals surface area contributed by atoms with Crippen molar-refractivity contribution in [2.24, 2.45) is 0 Å². The summed E-state index contributed by atoms with van der Waals surface area (Å²) in [5.41, 5.74) is 3.20. The van der Waals surface area contributed by atoms with Gasteiger partial charge in [-0.15, -0.1) is 13.2 Å². The van der Waals surface area contributed by atoms with Crippen LogP contribution in [0.25, 0.3) is 0 Å². The molecular weight excluding hydrogens is 563 g/mol. The largest absolute Gasteiger partial charge is 0.573 e. The van der Waals surface area contributed by atoms with Crippen molar-refractivity contribution in [3.8, 4) is 17.2 Å². The summed E-state index contributed by atoms with van der Waals surface area (Å²) in [7, 11) is 3.28. The van der Waals surface area contributed by atoms with Crippen LogP contribution in [0.1, 0.15) is 42.4 Å². The lowest BCUT2D eigenvalue weighted by Crippen LogP contribution is -2.53. The molecule has 2 aliphatic rings. The maximum atomic E-state index is 12.7. The zero-order valence-electron chi connectivity index (χ0n) is 23.7. The molecule has 0 amide bonds. The Hall–Kier alpha value is -3.50. The van der Waals surface area contributed by atoms with Gasteiger partial charge in [0.2, 0.25) is 0 Å². The van der Waals surface area contributed by atoms with Crippen molar-refractivity contribution in [1.82, 2.24) is 15.5 Å². The molecule has 42 heavy (non-hydrogen) atoms. The van der Waals surface area contributed by atoms with Gasteiger partial charge in [0.05, 0.1) is 14.2 Å². The average molecular weight is 600 g/mol. The van der Waals surface area contributed by atoms with E-state index in [1.54, 1.807) is 26.4 Å². The molecule has 0 bridgehead atoms. The standard InChI is InChI=1S/C32H36F3N3O3S/c1-39-27-13-10-24(18-28(27)40-2)31-15-14-25(37-30(42)36-20-22-6-4-3-5-7-22)19-29(31)38(17-16-31)21-23-8-11-26(12-9-23)41-32(33,34)35/h3-13,18,25,29H,14-17,19-21H2,1-2H3,(H2,36,37,42)/t25-,29+,31-/m0/s1. The molecule has 2 N–H and O–H groups in total. The Bertz CT molecular complexity index is 1360. The van der Waals surface area contributed by atoms with Gasteiger partial charge < -0.3 is 24.8 Å². The first-order valence-corrected chi connectivity index (χ1v) is 14.5. The van der Waals surface area contributed by atoms with Crippen molar-refractivity contribution in [2.75, 3.05) is 20.8 Å². The first kappa shape index (κ1) is 30.0. The predicted molar refractivity (Wildman–Crippen MR) is 160 cm³/mol. The molecule has 5 rings (SSSR count).